The normalized spacial score (nSPS) is 26.1. The maximum absolute atomic E-state index is 5.81. The van der Waals surface area contributed by atoms with E-state index in [4.69, 9.17) is 10.3 Å². The lowest BCUT2D eigenvalue weighted by Gasteiger charge is -1.99. The summed E-state index contributed by atoms with van der Waals surface area (Å²) >= 11 is 0. The van der Waals surface area contributed by atoms with Crippen molar-refractivity contribution in [3.63, 3.8) is 0 Å². The van der Waals surface area contributed by atoms with Gasteiger partial charge in [-0.1, -0.05) is 25.9 Å². The van der Waals surface area contributed by atoms with E-state index in [1.54, 1.807) is 0 Å². The van der Waals surface area contributed by atoms with Crippen LogP contribution in [0.1, 0.15) is 57.3 Å². The smallest absolute Gasteiger partial charge is 0.230 e. The second kappa shape index (κ2) is 3.05. The van der Waals surface area contributed by atoms with Gasteiger partial charge < -0.3 is 10.3 Å². The van der Waals surface area contributed by atoms with Crippen LogP contribution >= 0.6 is 0 Å². The summed E-state index contributed by atoms with van der Waals surface area (Å²) in [6, 6.07) is -0.0886. The van der Waals surface area contributed by atoms with Gasteiger partial charge in [-0.05, 0) is 18.3 Å². The predicted molar refractivity (Wildman–Crippen MR) is 52.7 cm³/mol. The minimum atomic E-state index is -0.0886. The molecule has 2 N–H and O–H groups in total. The van der Waals surface area contributed by atoms with Crippen LogP contribution in [0.5, 0.6) is 0 Å². The molecule has 1 aliphatic rings. The van der Waals surface area contributed by atoms with Crippen LogP contribution < -0.4 is 5.73 Å². The molecule has 1 aromatic rings. The van der Waals surface area contributed by atoms with Crippen LogP contribution in [-0.2, 0) is 0 Å². The maximum atomic E-state index is 5.81. The molecule has 78 valence electrons. The van der Waals surface area contributed by atoms with E-state index in [2.05, 4.69) is 24.0 Å². The molecule has 4 heteroatoms. The molecular formula is C10H17N3O. The minimum absolute atomic E-state index is 0.0886. The summed E-state index contributed by atoms with van der Waals surface area (Å²) in [5, 5.41) is 3.90. The molecule has 1 aromatic heterocycles. The van der Waals surface area contributed by atoms with Crippen molar-refractivity contribution in [3.05, 3.63) is 11.7 Å². The first-order chi connectivity index (χ1) is 6.54. The Morgan fingerprint density at radius 3 is 2.79 bits per heavy atom. The molecule has 1 fully saturated rings. The fourth-order valence-electron chi connectivity index (χ4n) is 1.61. The predicted octanol–water partition coefficient (Wildman–Crippen LogP) is 1.99. The van der Waals surface area contributed by atoms with Crippen LogP contribution in [0.4, 0.5) is 0 Å². The molecule has 1 saturated carbocycles. The Hall–Kier alpha value is -0.900. The summed E-state index contributed by atoms with van der Waals surface area (Å²) in [6.45, 7) is 6.43. The summed E-state index contributed by atoms with van der Waals surface area (Å²) in [6.07, 6.45) is 1.98. The number of rotatable bonds is 3. The molecule has 1 unspecified atom stereocenters. The van der Waals surface area contributed by atoms with E-state index in [9.17, 15) is 0 Å². The Bertz CT molecular complexity index is 332. The van der Waals surface area contributed by atoms with Crippen LogP contribution in [0.25, 0.3) is 0 Å². The Morgan fingerprint density at radius 1 is 1.64 bits per heavy atom. The average Bonchev–Trinajstić information content (AvgIpc) is 2.64. The first-order valence-electron chi connectivity index (χ1n) is 5.13. The molecule has 0 amide bonds. The van der Waals surface area contributed by atoms with Gasteiger partial charge in [0.25, 0.3) is 0 Å². The van der Waals surface area contributed by atoms with E-state index < -0.39 is 0 Å². The molecule has 2 rings (SSSR count). The van der Waals surface area contributed by atoms with Crippen LogP contribution in [0.2, 0.25) is 0 Å². The lowest BCUT2D eigenvalue weighted by Crippen LogP contribution is -2.10. The summed E-state index contributed by atoms with van der Waals surface area (Å²) in [5.74, 6) is 1.84. The molecule has 0 saturated heterocycles. The van der Waals surface area contributed by atoms with Gasteiger partial charge in [0.05, 0.1) is 6.04 Å². The third kappa shape index (κ3) is 1.54. The molecule has 0 aromatic carbocycles. The summed E-state index contributed by atoms with van der Waals surface area (Å²) in [7, 11) is 0. The van der Waals surface area contributed by atoms with Gasteiger partial charge in [0.2, 0.25) is 5.89 Å². The van der Waals surface area contributed by atoms with Crippen molar-refractivity contribution in [2.24, 2.45) is 11.1 Å². The van der Waals surface area contributed by atoms with Gasteiger partial charge in [-0.25, -0.2) is 0 Å². The zero-order valence-corrected chi connectivity index (χ0v) is 8.95. The van der Waals surface area contributed by atoms with Crippen LogP contribution in [0, 0.1) is 5.41 Å². The molecule has 1 heterocycles. The van der Waals surface area contributed by atoms with Gasteiger partial charge in [0.1, 0.15) is 0 Å². The lowest BCUT2D eigenvalue weighted by atomic mass is 10.1. The van der Waals surface area contributed by atoms with Gasteiger partial charge in [-0.15, -0.1) is 0 Å². The highest BCUT2D eigenvalue weighted by atomic mass is 16.5. The Labute approximate surface area is 83.9 Å². The molecule has 2 atom stereocenters. The molecule has 4 nitrogen and oxygen atoms in total. The first kappa shape index (κ1) is 9.65. The molecule has 0 spiro atoms. The number of hydrogen-bond acceptors (Lipinski definition) is 4. The van der Waals surface area contributed by atoms with Crippen molar-refractivity contribution >= 4 is 0 Å². The molecular weight excluding hydrogens is 178 g/mol. The highest BCUT2D eigenvalue weighted by Crippen LogP contribution is 2.58. The van der Waals surface area contributed by atoms with Crippen molar-refractivity contribution in [3.8, 4) is 0 Å². The minimum Gasteiger partial charge on any atom is -0.339 e. The summed E-state index contributed by atoms with van der Waals surface area (Å²) in [4.78, 5) is 4.34. The van der Waals surface area contributed by atoms with Gasteiger partial charge in [0, 0.05) is 5.92 Å². The fraction of sp³-hybridized carbons (Fsp3) is 0.800. The largest absolute Gasteiger partial charge is 0.339 e. The quantitative estimate of drug-likeness (QED) is 0.801. The molecule has 0 aliphatic heterocycles. The monoisotopic (exact) mass is 195 g/mol. The second-order valence-electron chi connectivity index (χ2n) is 4.75. The Morgan fingerprint density at radius 2 is 2.29 bits per heavy atom. The van der Waals surface area contributed by atoms with Crippen LogP contribution in [0.15, 0.2) is 4.52 Å². The van der Waals surface area contributed by atoms with Gasteiger partial charge >= 0.3 is 0 Å². The highest BCUT2D eigenvalue weighted by Gasteiger charge is 2.50. The molecule has 0 bridgehead atoms. The zero-order chi connectivity index (χ0) is 10.3. The van der Waals surface area contributed by atoms with Crippen molar-refractivity contribution in [2.45, 2.75) is 45.6 Å². The van der Waals surface area contributed by atoms with E-state index in [0.29, 0.717) is 17.2 Å². The average molecular weight is 195 g/mol. The highest BCUT2D eigenvalue weighted by molar-refractivity contribution is 5.13. The van der Waals surface area contributed by atoms with Crippen LogP contribution in [-0.4, -0.2) is 10.1 Å². The number of aromatic nitrogens is 2. The van der Waals surface area contributed by atoms with Crippen LogP contribution in [0.3, 0.4) is 0 Å². The van der Waals surface area contributed by atoms with Crippen molar-refractivity contribution in [2.75, 3.05) is 0 Å². The number of nitrogens with zero attached hydrogens (tertiary/aromatic N) is 2. The molecule has 1 aliphatic carbocycles. The van der Waals surface area contributed by atoms with Crippen molar-refractivity contribution in [1.82, 2.24) is 10.1 Å². The second-order valence-corrected chi connectivity index (χ2v) is 4.75. The topological polar surface area (TPSA) is 64.9 Å². The summed E-state index contributed by atoms with van der Waals surface area (Å²) < 4.78 is 5.21. The van der Waals surface area contributed by atoms with Gasteiger partial charge in [-0.2, -0.15) is 4.98 Å². The molecule has 0 radical (unpaired) electrons. The Kier molecular flexibility index (Phi) is 2.10. The summed E-state index contributed by atoms with van der Waals surface area (Å²) in [5.41, 5.74) is 6.14. The third-order valence-electron chi connectivity index (χ3n) is 3.04. The van der Waals surface area contributed by atoms with Gasteiger partial charge in [-0.3, -0.25) is 0 Å². The van der Waals surface area contributed by atoms with Crippen molar-refractivity contribution in [1.29, 1.82) is 0 Å². The maximum Gasteiger partial charge on any atom is 0.230 e. The molecule has 14 heavy (non-hydrogen) atoms. The fourth-order valence-corrected chi connectivity index (χ4v) is 1.61. The van der Waals surface area contributed by atoms with Crippen molar-refractivity contribution < 1.29 is 4.52 Å². The zero-order valence-electron chi connectivity index (χ0n) is 8.95. The SMILES string of the molecule is CCC(N)c1noc([C@H]2CC2(C)C)n1. The van der Waals surface area contributed by atoms with E-state index in [0.717, 1.165) is 18.7 Å². The number of hydrogen-bond donors (Lipinski definition) is 1. The van der Waals surface area contributed by atoms with E-state index in [1.807, 2.05) is 6.92 Å². The lowest BCUT2D eigenvalue weighted by molar-refractivity contribution is 0.360. The van der Waals surface area contributed by atoms with E-state index >= 15 is 0 Å². The van der Waals surface area contributed by atoms with E-state index in [-0.39, 0.29) is 6.04 Å². The third-order valence-corrected chi connectivity index (χ3v) is 3.04. The number of nitrogens with two attached hydrogens (primary N) is 1. The standard InChI is InChI=1S/C10H17N3O/c1-4-7(11)8-12-9(14-13-8)6-5-10(6,2)3/h6-7H,4-5,11H2,1-3H3/t6-,7?/m1/s1. The van der Waals surface area contributed by atoms with Gasteiger partial charge in [0.15, 0.2) is 5.82 Å². The first-order valence-corrected chi connectivity index (χ1v) is 5.13. The van der Waals surface area contributed by atoms with E-state index in [1.165, 1.54) is 0 Å². The Balaban J connectivity index is 2.11.